The lowest BCUT2D eigenvalue weighted by Gasteiger charge is -2.15. The van der Waals surface area contributed by atoms with E-state index >= 15 is 0 Å². The maximum atomic E-state index is 12.6. The van der Waals surface area contributed by atoms with Crippen molar-refractivity contribution in [3.63, 3.8) is 0 Å². The molecular formula is C15H17F3N2O. The molecule has 0 radical (unpaired) electrons. The molecule has 0 amide bonds. The fourth-order valence-electron chi connectivity index (χ4n) is 2.11. The Balaban J connectivity index is 2.32. The minimum Gasteiger partial charge on any atom is -0.384 e. The van der Waals surface area contributed by atoms with Gasteiger partial charge in [-0.1, -0.05) is 6.07 Å². The Morgan fingerprint density at radius 2 is 1.90 bits per heavy atom. The fourth-order valence-corrected chi connectivity index (χ4v) is 2.11. The molecule has 1 heterocycles. The zero-order valence-corrected chi connectivity index (χ0v) is 12.0. The fraction of sp³-hybridized carbons (Fsp3) is 0.400. The van der Waals surface area contributed by atoms with Crippen molar-refractivity contribution >= 4 is 0 Å². The van der Waals surface area contributed by atoms with Gasteiger partial charge in [-0.2, -0.15) is 18.3 Å². The van der Waals surface area contributed by atoms with E-state index in [4.69, 9.17) is 0 Å². The van der Waals surface area contributed by atoms with Crippen molar-refractivity contribution in [2.45, 2.75) is 39.1 Å². The molecule has 0 fully saturated rings. The van der Waals surface area contributed by atoms with Gasteiger partial charge in [0.1, 0.15) is 6.10 Å². The highest BCUT2D eigenvalue weighted by molar-refractivity contribution is 5.37. The maximum Gasteiger partial charge on any atom is 0.416 e. The molecule has 0 spiro atoms. The van der Waals surface area contributed by atoms with Crippen molar-refractivity contribution in [1.82, 2.24) is 9.78 Å². The molecule has 0 aliphatic heterocycles. The van der Waals surface area contributed by atoms with Crippen LogP contribution in [0.15, 0.2) is 30.6 Å². The third-order valence-corrected chi connectivity index (χ3v) is 3.36. The molecule has 1 unspecified atom stereocenters. The molecule has 6 heteroatoms. The van der Waals surface area contributed by atoms with E-state index in [1.807, 2.05) is 13.8 Å². The van der Waals surface area contributed by atoms with Crippen molar-refractivity contribution < 1.29 is 18.3 Å². The first kappa shape index (κ1) is 15.6. The van der Waals surface area contributed by atoms with Gasteiger partial charge in [0.15, 0.2) is 0 Å². The number of aliphatic hydroxyl groups is 1. The number of halogens is 3. The number of alkyl halides is 3. The first-order chi connectivity index (χ1) is 9.70. The zero-order chi connectivity index (χ0) is 15.8. The van der Waals surface area contributed by atoms with Crippen LogP contribution in [0.4, 0.5) is 13.2 Å². The lowest BCUT2D eigenvalue weighted by Crippen LogP contribution is -2.08. The molecule has 114 valence electrons. The van der Waals surface area contributed by atoms with E-state index in [2.05, 4.69) is 5.10 Å². The molecule has 2 aromatic rings. The third kappa shape index (κ3) is 3.26. The molecule has 21 heavy (non-hydrogen) atoms. The van der Waals surface area contributed by atoms with Gasteiger partial charge in [0.05, 0.1) is 11.8 Å². The van der Waals surface area contributed by atoms with Crippen LogP contribution in [0.2, 0.25) is 0 Å². The van der Waals surface area contributed by atoms with Crippen LogP contribution in [0.3, 0.4) is 0 Å². The SMILES string of the molecule is Cc1cc(C(F)(F)F)ccc1C(O)c1cnn(C(C)C)c1. The Hall–Kier alpha value is -1.82. The Labute approximate surface area is 121 Å². The zero-order valence-electron chi connectivity index (χ0n) is 12.0. The van der Waals surface area contributed by atoms with Crippen LogP contribution in [0.1, 0.15) is 48.2 Å². The summed E-state index contributed by atoms with van der Waals surface area (Å²) in [5.41, 5.74) is 0.696. The molecule has 0 saturated heterocycles. The molecule has 0 aliphatic rings. The van der Waals surface area contributed by atoms with Gasteiger partial charge in [-0.3, -0.25) is 4.68 Å². The molecular weight excluding hydrogens is 281 g/mol. The second-order valence-corrected chi connectivity index (χ2v) is 5.32. The van der Waals surface area contributed by atoms with E-state index < -0.39 is 17.8 Å². The van der Waals surface area contributed by atoms with Crippen molar-refractivity contribution in [3.05, 3.63) is 52.8 Å². The molecule has 3 nitrogen and oxygen atoms in total. The van der Waals surface area contributed by atoms with Crippen molar-refractivity contribution in [2.75, 3.05) is 0 Å². The van der Waals surface area contributed by atoms with E-state index in [9.17, 15) is 18.3 Å². The lowest BCUT2D eigenvalue weighted by molar-refractivity contribution is -0.137. The second-order valence-electron chi connectivity index (χ2n) is 5.32. The average molecular weight is 298 g/mol. The number of nitrogens with zero attached hydrogens (tertiary/aromatic N) is 2. The van der Waals surface area contributed by atoms with Crippen LogP contribution < -0.4 is 0 Å². The molecule has 1 N–H and O–H groups in total. The van der Waals surface area contributed by atoms with Crippen LogP contribution in [0.5, 0.6) is 0 Å². The van der Waals surface area contributed by atoms with Crippen molar-refractivity contribution in [1.29, 1.82) is 0 Å². The molecule has 1 atom stereocenters. The summed E-state index contributed by atoms with van der Waals surface area (Å²) in [6.07, 6.45) is -2.13. The standard InChI is InChI=1S/C15H17F3N2O/c1-9(2)20-8-11(7-19-20)14(21)13-5-4-12(6-10(13)3)15(16,17)18/h4-9,14,21H,1-3H3. The quantitative estimate of drug-likeness (QED) is 0.934. The Morgan fingerprint density at radius 3 is 2.38 bits per heavy atom. The van der Waals surface area contributed by atoms with Crippen LogP contribution in [-0.2, 0) is 6.18 Å². The number of benzene rings is 1. The van der Waals surface area contributed by atoms with Gasteiger partial charge in [-0.15, -0.1) is 0 Å². The van der Waals surface area contributed by atoms with E-state index in [1.165, 1.54) is 12.3 Å². The van der Waals surface area contributed by atoms with Crippen LogP contribution in [0, 0.1) is 6.92 Å². The van der Waals surface area contributed by atoms with Crippen LogP contribution >= 0.6 is 0 Å². The van der Waals surface area contributed by atoms with Gasteiger partial charge in [-0.25, -0.2) is 0 Å². The first-order valence-electron chi connectivity index (χ1n) is 6.60. The summed E-state index contributed by atoms with van der Waals surface area (Å²) in [5.74, 6) is 0. The van der Waals surface area contributed by atoms with Gasteiger partial charge in [0.2, 0.25) is 0 Å². The number of rotatable bonds is 3. The Morgan fingerprint density at radius 1 is 1.24 bits per heavy atom. The van der Waals surface area contributed by atoms with Crippen LogP contribution in [-0.4, -0.2) is 14.9 Å². The minimum absolute atomic E-state index is 0.152. The normalized spacial score (nSPS) is 13.7. The van der Waals surface area contributed by atoms with Gasteiger partial charge in [0.25, 0.3) is 0 Å². The molecule has 1 aromatic heterocycles. The van der Waals surface area contributed by atoms with E-state index in [0.717, 1.165) is 12.1 Å². The minimum atomic E-state index is -4.38. The summed E-state index contributed by atoms with van der Waals surface area (Å²) in [4.78, 5) is 0. The number of hydrogen-bond acceptors (Lipinski definition) is 2. The predicted molar refractivity (Wildman–Crippen MR) is 72.9 cm³/mol. The summed E-state index contributed by atoms with van der Waals surface area (Å²) in [7, 11) is 0. The molecule has 1 aromatic carbocycles. The Bertz CT molecular complexity index is 632. The highest BCUT2D eigenvalue weighted by Crippen LogP contribution is 2.33. The lowest BCUT2D eigenvalue weighted by atomic mass is 9.97. The van der Waals surface area contributed by atoms with E-state index in [1.54, 1.807) is 17.8 Å². The second kappa shape index (κ2) is 5.52. The maximum absolute atomic E-state index is 12.6. The first-order valence-corrected chi connectivity index (χ1v) is 6.60. The molecule has 0 bridgehead atoms. The number of aryl methyl sites for hydroxylation is 1. The van der Waals surface area contributed by atoms with Crippen LogP contribution in [0.25, 0.3) is 0 Å². The topological polar surface area (TPSA) is 38.1 Å². The smallest absolute Gasteiger partial charge is 0.384 e. The Kier molecular flexibility index (Phi) is 4.09. The predicted octanol–water partition coefficient (Wildman–Crippen LogP) is 3.87. The summed E-state index contributed by atoms with van der Waals surface area (Å²) in [6, 6.07) is 3.50. The number of aromatic nitrogens is 2. The molecule has 0 saturated carbocycles. The largest absolute Gasteiger partial charge is 0.416 e. The number of aliphatic hydroxyl groups excluding tert-OH is 1. The summed E-state index contributed by atoms with van der Waals surface area (Å²) >= 11 is 0. The van der Waals surface area contributed by atoms with Crippen molar-refractivity contribution in [3.8, 4) is 0 Å². The summed E-state index contributed by atoms with van der Waals surface area (Å²) in [6.45, 7) is 5.46. The average Bonchev–Trinajstić information content (AvgIpc) is 2.86. The molecule has 0 aliphatic carbocycles. The summed E-state index contributed by atoms with van der Waals surface area (Å²) < 4.78 is 39.6. The van der Waals surface area contributed by atoms with Gasteiger partial charge in [-0.05, 0) is 44.0 Å². The molecule has 2 rings (SSSR count). The van der Waals surface area contributed by atoms with Gasteiger partial charge < -0.3 is 5.11 Å². The third-order valence-electron chi connectivity index (χ3n) is 3.36. The highest BCUT2D eigenvalue weighted by atomic mass is 19.4. The van der Waals surface area contributed by atoms with Crippen molar-refractivity contribution in [2.24, 2.45) is 0 Å². The number of hydrogen-bond donors (Lipinski definition) is 1. The highest BCUT2D eigenvalue weighted by Gasteiger charge is 2.31. The van der Waals surface area contributed by atoms with E-state index in [-0.39, 0.29) is 6.04 Å². The van der Waals surface area contributed by atoms with Gasteiger partial charge >= 0.3 is 6.18 Å². The van der Waals surface area contributed by atoms with E-state index in [0.29, 0.717) is 16.7 Å². The summed E-state index contributed by atoms with van der Waals surface area (Å²) in [5, 5.41) is 14.5. The van der Waals surface area contributed by atoms with Gasteiger partial charge in [0, 0.05) is 17.8 Å². The monoisotopic (exact) mass is 298 g/mol.